The first kappa shape index (κ1) is 8.76. The first-order valence-electron chi connectivity index (χ1n) is 4.41. The summed E-state index contributed by atoms with van der Waals surface area (Å²) < 4.78 is 5.09. The molecular weight excluding hydrogens is 178 g/mol. The third kappa shape index (κ3) is 1.16. The Morgan fingerprint density at radius 3 is 3.07 bits per heavy atom. The monoisotopic (exact) mass is 187 g/mol. The van der Waals surface area contributed by atoms with E-state index in [1.165, 1.54) is 0 Å². The smallest absolute Gasteiger partial charge is 0.339 e. The maximum Gasteiger partial charge on any atom is 0.339 e. The van der Waals surface area contributed by atoms with Gasteiger partial charge in [-0.15, -0.1) is 0 Å². The highest BCUT2D eigenvalue weighted by atomic mass is 16.5. The van der Waals surface area contributed by atoms with Crippen LogP contribution in [0.4, 0.5) is 0 Å². The molecule has 70 valence electrons. The van der Waals surface area contributed by atoms with E-state index in [1.54, 1.807) is 0 Å². The molecule has 0 saturated carbocycles. The lowest BCUT2D eigenvalue weighted by molar-refractivity contribution is 0.0395. The average molecular weight is 187 g/mol. The van der Waals surface area contributed by atoms with Crippen molar-refractivity contribution in [1.82, 2.24) is 0 Å². The maximum absolute atomic E-state index is 11.4. The van der Waals surface area contributed by atoms with Crippen molar-refractivity contribution in [1.29, 1.82) is 5.26 Å². The first-order chi connectivity index (χ1) is 6.74. The largest absolute Gasteiger partial charge is 0.453 e. The molecule has 1 aliphatic rings. The Hall–Kier alpha value is -1.82. The number of ether oxygens (including phenoxy) is 1. The van der Waals surface area contributed by atoms with Crippen LogP contribution in [0.1, 0.15) is 34.0 Å². The van der Waals surface area contributed by atoms with Crippen molar-refractivity contribution in [2.24, 2.45) is 0 Å². The van der Waals surface area contributed by atoms with Gasteiger partial charge in [-0.25, -0.2) is 4.79 Å². The third-order valence-corrected chi connectivity index (χ3v) is 2.38. The molecule has 0 N–H and O–H groups in total. The van der Waals surface area contributed by atoms with Crippen LogP contribution in [0.15, 0.2) is 18.2 Å². The molecule has 0 unspecified atom stereocenters. The fourth-order valence-corrected chi connectivity index (χ4v) is 1.72. The first-order valence-corrected chi connectivity index (χ1v) is 4.41. The Morgan fingerprint density at radius 1 is 1.57 bits per heavy atom. The Balaban J connectivity index is 2.50. The number of esters is 1. The predicted molar refractivity (Wildman–Crippen MR) is 49.6 cm³/mol. The van der Waals surface area contributed by atoms with Gasteiger partial charge in [0.2, 0.25) is 0 Å². The molecule has 1 aliphatic heterocycles. The molecule has 1 heterocycles. The minimum Gasteiger partial charge on any atom is -0.453 e. The van der Waals surface area contributed by atoms with Crippen LogP contribution >= 0.6 is 0 Å². The fourth-order valence-electron chi connectivity index (χ4n) is 1.72. The summed E-state index contributed by atoms with van der Waals surface area (Å²) in [4.78, 5) is 11.4. The SMILES string of the molecule is Cc1cccc2c1C(=O)O[C@@H]2CC#N. The maximum atomic E-state index is 11.4. The number of aryl methyl sites for hydroxylation is 1. The Kier molecular flexibility index (Phi) is 1.97. The van der Waals surface area contributed by atoms with Crippen LogP contribution in [0.3, 0.4) is 0 Å². The van der Waals surface area contributed by atoms with E-state index in [0.29, 0.717) is 5.56 Å². The summed E-state index contributed by atoms with van der Waals surface area (Å²) in [6, 6.07) is 7.60. The molecule has 2 rings (SSSR count). The number of hydrogen-bond acceptors (Lipinski definition) is 3. The van der Waals surface area contributed by atoms with E-state index in [4.69, 9.17) is 10.00 Å². The number of rotatable bonds is 1. The van der Waals surface area contributed by atoms with E-state index >= 15 is 0 Å². The van der Waals surface area contributed by atoms with Crippen LogP contribution in [0, 0.1) is 18.3 Å². The Morgan fingerprint density at radius 2 is 2.36 bits per heavy atom. The lowest BCUT2D eigenvalue weighted by atomic mass is 9.99. The lowest BCUT2D eigenvalue weighted by Gasteiger charge is -2.04. The summed E-state index contributed by atoms with van der Waals surface area (Å²) in [5.41, 5.74) is 2.39. The Labute approximate surface area is 81.9 Å². The van der Waals surface area contributed by atoms with Gasteiger partial charge in [-0.1, -0.05) is 18.2 Å². The van der Waals surface area contributed by atoms with Crippen molar-refractivity contribution >= 4 is 5.97 Å². The summed E-state index contributed by atoms with van der Waals surface area (Å²) in [7, 11) is 0. The van der Waals surface area contributed by atoms with Crippen molar-refractivity contribution in [3.05, 3.63) is 34.9 Å². The topological polar surface area (TPSA) is 50.1 Å². The molecule has 0 radical (unpaired) electrons. The number of nitriles is 1. The molecule has 3 nitrogen and oxygen atoms in total. The zero-order valence-electron chi connectivity index (χ0n) is 7.78. The minimum atomic E-state index is -0.373. The average Bonchev–Trinajstić information content (AvgIpc) is 2.46. The minimum absolute atomic E-state index is 0.224. The van der Waals surface area contributed by atoms with Crippen LogP contribution in [0.2, 0.25) is 0 Å². The summed E-state index contributed by atoms with van der Waals surface area (Å²) in [6.07, 6.45) is -0.148. The number of cyclic esters (lactones) is 1. The molecule has 0 fully saturated rings. The fraction of sp³-hybridized carbons (Fsp3) is 0.273. The molecule has 0 aliphatic carbocycles. The second-order valence-electron chi connectivity index (χ2n) is 3.30. The van der Waals surface area contributed by atoms with Crippen molar-refractivity contribution in [3.63, 3.8) is 0 Å². The number of benzene rings is 1. The Bertz CT molecular complexity index is 431. The number of carbonyl (C=O) groups is 1. The molecule has 14 heavy (non-hydrogen) atoms. The second kappa shape index (κ2) is 3.15. The van der Waals surface area contributed by atoms with Crippen molar-refractivity contribution < 1.29 is 9.53 Å². The van der Waals surface area contributed by atoms with E-state index in [0.717, 1.165) is 11.1 Å². The molecule has 1 aromatic carbocycles. The van der Waals surface area contributed by atoms with Crippen LogP contribution in [-0.4, -0.2) is 5.97 Å². The number of carbonyl (C=O) groups excluding carboxylic acids is 1. The zero-order chi connectivity index (χ0) is 10.1. The second-order valence-corrected chi connectivity index (χ2v) is 3.30. The van der Waals surface area contributed by atoms with Crippen molar-refractivity contribution in [2.45, 2.75) is 19.4 Å². The molecule has 3 heteroatoms. The van der Waals surface area contributed by atoms with Crippen LogP contribution in [0.25, 0.3) is 0 Å². The molecule has 1 aromatic rings. The van der Waals surface area contributed by atoms with E-state index in [1.807, 2.05) is 31.2 Å². The highest BCUT2D eigenvalue weighted by Gasteiger charge is 2.31. The standard InChI is InChI=1S/C11H9NO2/c1-7-3-2-4-8-9(5-6-12)14-11(13)10(7)8/h2-4,9H,5H2,1H3/t9-/m1/s1. The summed E-state index contributed by atoms with van der Waals surface area (Å²) in [6.45, 7) is 1.87. The quantitative estimate of drug-likeness (QED) is 0.633. The normalized spacial score (nSPS) is 18.6. The number of hydrogen-bond donors (Lipinski definition) is 0. The van der Waals surface area contributed by atoms with Crippen molar-refractivity contribution in [3.8, 4) is 6.07 Å². The molecular formula is C11H9NO2. The van der Waals surface area contributed by atoms with Gasteiger partial charge in [0.25, 0.3) is 0 Å². The van der Waals surface area contributed by atoms with Gasteiger partial charge in [0.1, 0.15) is 6.10 Å². The third-order valence-electron chi connectivity index (χ3n) is 2.38. The number of fused-ring (bicyclic) bond motifs is 1. The van der Waals surface area contributed by atoms with Gasteiger partial charge in [-0.3, -0.25) is 0 Å². The summed E-state index contributed by atoms with van der Waals surface area (Å²) in [5, 5.41) is 8.57. The lowest BCUT2D eigenvalue weighted by Crippen LogP contribution is -1.97. The van der Waals surface area contributed by atoms with Gasteiger partial charge in [0, 0.05) is 5.56 Å². The summed E-state index contributed by atoms with van der Waals surface area (Å²) in [5.74, 6) is -0.307. The van der Waals surface area contributed by atoms with Gasteiger partial charge in [-0.05, 0) is 12.5 Å². The van der Waals surface area contributed by atoms with Crippen LogP contribution in [0.5, 0.6) is 0 Å². The molecule has 0 spiro atoms. The van der Waals surface area contributed by atoms with Gasteiger partial charge in [-0.2, -0.15) is 5.26 Å². The zero-order valence-corrected chi connectivity index (χ0v) is 7.78. The summed E-state index contributed by atoms with van der Waals surface area (Å²) >= 11 is 0. The predicted octanol–water partition coefficient (Wildman–Crippen LogP) is 2.12. The van der Waals surface area contributed by atoms with E-state index < -0.39 is 0 Å². The molecule has 0 saturated heterocycles. The molecule has 0 bridgehead atoms. The molecule has 1 atom stereocenters. The van der Waals surface area contributed by atoms with Gasteiger partial charge >= 0.3 is 5.97 Å². The van der Waals surface area contributed by atoms with E-state index in [9.17, 15) is 4.79 Å². The number of nitrogens with zero attached hydrogens (tertiary/aromatic N) is 1. The van der Waals surface area contributed by atoms with Gasteiger partial charge in [0.05, 0.1) is 18.1 Å². The van der Waals surface area contributed by atoms with Crippen LogP contribution in [-0.2, 0) is 4.74 Å². The molecule has 0 aromatic heterocycles. The van der Waals surface area contributed by atoms with E-state index in [2.05, 4.69) is 0 Å². The highest BCUT2D eigenvalue weighted by Crippen LogP contribution is 2.34. The van der Waals surface area contributed by atoms with E-state index in [-0.39, 0.29) is 18.5 Å². The van der Waals surface area contributed by atoms with Gasteiger partial charge < -0.3 is 4.74 Å². The molecule has 0 amide bonds. The van der Waals surface area contributed by atoms with Gasteiger partial charge in [0.15, 0.2) is 0 Å². The highest BCUT2D eigenvalue weighted by molar-refractivity contribution is 5.95. The van der Waals surface area contributed by atoms with Crippen LogP contribution < -0.4 is 0 Å². The van der Waals surface area contributed by atoms with Crippen molar-refractivity contribution in [2.75, 3.05) is 0 Å².